The van der Waals surface area contributed by atoms with E-state index in [9.17, 15) is 4.39 Å². The molecular formula is C11H15ClFNS. The first-order valence-corrected chi connectivity index (χ1v) is 5.88. The zero-order valence-electron chi connectivity index (χ0n) is 8.71. The van der Waals surface area contributed by atoms with Gasteiger partial charge in [-0.3, -0.25) is 0 Å². The summed E-state index contributed by atoms with van der Waals surface area (Å²) in [5, 5.41) is 0.190. The molecule has 4 heteroatoms. The third-order valence-electron chi connectivity index (χ3n) is 2.13. The minimum Gasteiger partial charge on any atom is -0.302 e. The Hall–Kier alpha value is -0.250. The van der Waals surface area contributed by atoms with E-state index >= 15 is 0 Å². The highest BCUT2D eigenvalue weighted by molar-refractivity contribution is 7.80. The molecule has 0 saturated carbocycles. The Kier molecular flexibility index (Phi) is 5.43. The Morgan fingerprint density at radius 1 is 1.47 bits per heavy atom. The van der Waals surface area contributed by atoms with Gasteiger partial charge in [0.25, 0.3) is 0 Å². The number of rotatable bonds is 5. The second-order valence-electron chi connectivity index (χ2n) is 3.56. The molecule has 0 spiro atoms. The lowest BCUT2D eigenvalue weighted by molar-refractivity contribution is 0.328. The molecule has 0 aliphatic rings. The molecule has 0 aliphatic heterocycles. The second kappa shape index (κ2) is 6.36. The summed E-state index contributed by atoms with van der Waals surface area (Å²) in [5.74, 6) is 0.521. The number of thiol groups is 1. The Balaban J connectivity index is 2.53. The van der Waals surface area contributed by atoms with Gasteiger partial charge in [-0.05, 0) is 43.5 Å². The SMILES string of the molecule is CN(CCCS)Cc1ccc(F)c(Cl)c1. The Morgan fingerprint density at radius 2 is 2.20 bits per heavy atom. The number of hydrogen-bond donors (Lipinski definition) is 1. The summed E-state index contributed by atoms with van der Waals surface area (Å²) >= 11 is 9.85. The fourth-order valence-electron chi connectivity index (χ4n) is 1.37. The minimum atomic E-state index is -0.363. The van der Waals surface area contributed by atoms with Gasteiger partial charge in [0.05, 0.1) is 5.02 Å². The second-order valence-corrected chi connectivity index (χ2v) is 4.42. The average molecular weight is 248 g/mol. The number of nitrogens with zero attached hydrogens (tertiary/aromatic N) is 1. The van der Waals surface area contributed by atoms with Crippen LogP contribution in [0.1, 0.15) is 12.0 Å². The molecule has 0 radical (unpaired) electrons. The maximum atomic E-state index is 12.9. The third-order valence-corrected chi connectivity index (χ3v) is 2.74. The fourth-order valence-corrected chi connectivity index (χ4v) is 1.71. The zero-order valence-corrected chi connectivity index (χ0v) is 10.4. The molecule has 0 fully saturated rings. The molecule has 1 aromatic rings. The summed E-state index contributed by atoms with van der Waals surface area (Å²) in [4.78, 5) is 2.17. The lowest BCUT2D eigenvalue weighted by Gasteiger charge is -2.16. The fraction of sp³-hybridized carbons (Fsp3) is 0.455. The maximum absolute atomic E-state index is 12.9. The van der Waals surface area contributed by atoms with E-state index in [2.05, 4.69) is 17.5 Å². The highest BCUT2D eigenvalue weighted by atomic mass is 35.5. The van der Waals surface area contributed by atoms with Crippen molar-refractivity contribution in [2.24, 2.45) is 0 Å². The minimum absolute atomic E-state index is 0.190. The van der Waals surface area contributed by atoms with Crippen molar-refractivity contribution >= 4 is 24.2 Å². The molecule has 0 amide bonds. The van der Waals surface area contributed by atoms with E-state index in [-0.39, 0.29) is 10.8 Å². The zero-order chi connectivity index (χ0) is 11.3. The first-order chi connectivity index (χ1) is 7.13. The van der Waals surface area contributed by atoms with E-state index in [1.54, 1.807) is 12.1 Å². The van der Waals surface area contributed by atoms with Gasteiger partial charge in [0.15, 0.2) is 0 Å². The van der Waals surface area contributed by atoms with Crippen molar-refractivity contribution in [1.82, 2.24) is 4.90 Å². The molecule has 1 nitrogen and oxygen atoms in total. The van der Waals surface area contributed by atoms with Crippen molar-refractivity contribution in [3.63, 3.8) is 0 Å². The van der Waals surface area contributed by atoms with Crippen LogP contribution in [0.4, 0.5) is 4.39 Å². The lowest BCUT2D eigenvalue weighted by Crippen LogP contribution is -2.19. The van der Waals surface area contributed by atoms with Crippen molar-refractivity contribution in [2.45, 2.75) is 13.0 Å². The normalized spacial score (nSPS) is 11.0. The van der Waals surface area contributed by atoms with Crippen molar-refractivity contribution < 1.29 is 4.39 Å². The van der Waals surface area contributed by atoms with Crippen molar-refractivity contribution in [1.29, 1.82) is 0 Å². The van der Waals surface area contributed by atoms with Gasteiger partial charge in [-0.1, -0.05) is 17.7 Å². The van der Waals surface area contributed by atoms with Crippen LogP contribution in [0, 0.1) is 5.82 Å². The van der Waals surface area contributed by atoms with Gasteiger partial charge in [-0.2, -0.15) is 12.6 Å². The van der Waals surface area contributed by atoms with Crippen LogP contribution in [-0.4, -0.2) is 24.2 Å². The molecule has 84 valence electrons. The van der Waals surface area contributed by atoms with Crippen LogP contribution in [0.3, 0.4) is 0 Å². The molecule has 0 N–H and O–H groups in total. The van der Waals surface area contributed by atoms with Gasteiger partial charge >= 0.3 is 0 Å². The first-order valence-electron chi connectivity index (χ1n) is 4.87. The predicted molar refractivity (Wildman–Crippen MR) is 66.2 cm³/mol. The van der Waals surface area contributed by atoms with Crippen LogP contribution < -0.4 is 0 Å². The predicted octanol–water partition coefficient (Wildman–Crippen LogP) is 3.23. The molecule has 0 atom stereocenters. The van der Waals surface area contributed by atoms with Crippen LogP contribution in [0.15, 0.2) is 18.2 Å². The lowest BCUT2D eigenvalue weighted by atomic mass is 10.2. The monoisotopic (exact) mass is 247 g/mol. The molecule has 0 saturated heterocycles. The van der Waals surface area contributed by atoms with Gasteiger partial charge in [-0.25, -0.2) is 4.39 Å². The Bertz CT molecular complexity index is 319. The molecule has 0 aliphatic carbocycles. The molecule has 0 unspecified atom stereocenters. The average Bonchev–Trinajstić information content (AvgIpc) is 2.20. The van der Waals surface area contributed by atoms with E-state index in [4.69, 9.17) is 11.6 Å². The molecule has 0 aromatic heterocycles. The standard InChI is InChI=1S/C11H15ClFNS/c1-14(5-2-6-15)8-9-3-4-11(13)10(12)7-9/h3-4,7,15H,2,5-6,8H2,1H3. The summed E-state index contributed by atoms with van der Waals surface area (Å²) in [6.07, 6.45) is 1.05. The topological polar surface area (TPSA) is 3.24 Å². The summed E-state index contributed by atoms with van der Waals surface area (Å²) in [5.41, 5.74) is 1.03. The van der Waals surface area contributed by atoms with Gasteiger partial charge in [-0.15, -0.1) is 0 Å². The summed E-state index contributed by atoms with van der Waals surface area (Å²) in [6.45, 7) is 1.77. The van der Waals surface area contributed by atoms with E-state index in [0.29, 0.717) is 0 Å². The molecule has 0 bridgehead atoms. The van der Waals surface area contributed by atoms with Crippen molar-refractivity contribution in [2.75, 3.05) is 19.3 Å². The van der Waals surface area contributed by atoms with Gasteiger partial charge < -0.3 is 4.90 Å². The van der Waals surface area contributed by atoms with Crippen molar-refractivity contribution in [3.8, 4) is 0 Å². The quantitative estimate of drug-likeness (QED) is 0.782. The summed E-state index contributed by atoms with van der Waals surface area (Å²) < 4.78 is 12.9. The third kappa shape index (κ3) is 4.41. The molecule has 15 heavy (non-hydrogen) atoms. The first kappa shape index (κ1) is 12.8. The van der Waals surface area contributed by atoms with Crippen molar-refractivity contribution in [3.05, 3.63) is 34.6 Å². The highest BCUT2D eigenvalue weighted by Gasteiger charge is 2.03. The van der Waals surface area contributed by atoms with Gasteiger partial charge in [0, 0.05) is 6.54 Å². The molecular weight excluding hydrogens is 233 g/mol. The number of hydrogen-bond acceptors (Lipinski definition) is 2. The van der Waals surface area contributed by atoms with E-state index in [0.717, 1.165) is 30.8 Å². The molecule has 0 heterocycles. The van der Waals surface area contributed by atoms with E-state index in [1.165, 1.54) is 6.07 Å². The smallest absolute Gasteiger partial charge is 0.141 e. The van der Waals surface area contributed by atoms with Crippen LogP contribution in [0.2, 0.25) is 5.02 Å². The summed E-state index contributed by atoms with van der Waals surface area (Å²) in [7, 11) is 2.03. The molecule has 1 rings (SSSR count). The Labute approximate surface area is 101 Å². The largest absolute Gasteiger partial charge is 0.302 e. The number of halogens is 2. The number of benzene rings is 1. The van der Waals surface area contributed by atoms with Crippen LogP contribution in [0.25, 0.3) is 0 Å². The van der Waals surface area contributed by atoms with Crippen LogP contribution in [-0.2, 0) is 6.54 Å². The van der Waals surface area contributed by atoms with E-state index < -0.39 is 0 Å². The van der Waals surface area contributed by atoms with Crippen LogP contribution in [0.5, 0.6) is 0 Å². The van der Waals surface area contributed by atoms with Crippen LogP contribution >= 0.6 is 24.2 Å². The highest BCUT2D eigenvalue weighted by Crippen LogP contribution is 2.16. The Morgan fingerprint density at radius 3 is 2.80 bits per heavy atom. The van der Waals surface area contributed by atoms with E-state index in [1.807, 2.05) is 7.05 Å². The van der Waals surface area contributed by atoms with Gasteiger partial charge in [0.2, 0.25) is 0 Å². The maximum Gasteiger partial charge on any atom is 0.141 e. The summed E-state index contributed by atoms with van der Waals surface area (Å²) in [6, 6.07) is 4.84. The molecule has 1 aromatic carbocycles. The van der Waals surface area contributed by atoms with Gasteiger partial charge in [0.1, 0.15) is 5.82 Å².